The Labute approximate surface area is 127 Å². The lowest BCUT2D eigenvalue weighted by Crippen LogP contribution is -2.26. The van der Waals surface area contributed by atoms with Crippen LogP contribution in [0.25, 0.3) is 0 Å². The first-order chi connectivity index (χ1) is 10.1. The van der Waals surface area contributed by atoms with Gasteiger partial charge in [0, 0.05) is 20.7 Å². The minimum Gasteiger partial charge on any atom is -0.353 e. The fraction of sp³-hybridized carbons (Fsp3) is 0.588. The molecule has 0 saturated carbocycles. The first-order valence-electron chi connectivity index (χ1n) is 7.61. The van der Waals surface area contributed by atoms with Gasteiger partial charge < -0.3 is 14.4 Å². The van der Waals surface area contributed by atoms with Gasteiger partial charge in [0.1, 0.15) is 0 Å². The highest BCUT2D eigenvalue weighted by Crippen LogP contribution is 2.19. The van der Waals surface area contributed by atoms with Crippen molar-refractivity contribution in [3.63, 3.8) is 0 Å². The van der Waals surface area contributed by atoms with Gasteiger partial charge in [-0.25, -0.2) is 0 Å². The van der Waals surface area contributed by atoms with E-state index in [-0.39, 0.29) is 18.1 Å². The average Bonchev–Trinajstić information content (AvgIpc) is 2.53. The molecule has 2 atom stereocenters. The van der Waals surface area contributed by atoms with Crippen LogP contribution in [0.15, 0.2) is 24.3 Å². The molecule has 0 aliphatic carbocycles. The number of carbonyl (C=O) groups excluding carboxylic acids is 1. The van der Waals surface area contributed by atoms with Gasteiger partial charge in [0.15, 0.2) is 6.29 Å². The first kappa shape index (κ1) is 16.0. The molecule has 4 nitrogen and oxygen atoms in total. The van der Waals surface area contributed by atoms with Gasteiger partial charge in [-0.3, -0.25) is 4.79 Å². The second kappa shape index (κ2) is 7.57. The number of nitrogens with zero attached hydrogens (tertiary/aromatic N) is 1. The molecular formula is C17H25NO3. The molecule has 1 heterocycles. The number of hydrogen-bond donors (Lipinski definition) is 0. The van der Waals surface area contributed by atoms with Crippen LogP contribution in [0.2, 0.25) is 0 Å². The minimum atomic E-state index is -0.114. The van der Waals surface area contributed by atoms with E-state index in [1.807, 2.05) is 31.2 Å². The number of ether oxygens (including phenoxy) is 2. The highest BCUT2D eigenvalue weighted by Gasteiger charge is 2.17. The van der Waals surface area contributed by atoms with E-state index in [4.69, 9.17) is 9.47 Å². The standard InChI is InChI=1S/C17H25NO3/c1-13(17(19)18(2)3)15-9-7-14(8-10-15)12-21-16-6-4-5-11-20-16/h7-10,13,16H,4-6,11-12H2,1-3H3. The van der Waals surface area contributed by atoms with Gasteiger partial charge in [0.25, 0.3) is 0 Å². The summed E-state index contributed by atoms with van der Waals surface area (Å²) >= 11 is 0. The van der Waals surface area contributed by atoms with Gasteiger partial charge in [-0.1, -0.05) is 24.3 Å². The van der Waals surface area contributed by atoms with Crippen LogP contribution in [-0.2, 0) is 20.9 Å². The van der Waals surface area contributed by atoms with E-state index in [0.29, 0.717) is 6.61 Å². The Balaban J connectivity index is 1.87. The Morgan fingerprint density at radius 1 is 1.33 bits per heavy atom. The van der Waals surface area contributed by atoms with E-state index in [0.717, 1.165) is 30.6 Å². The fourth-order valence-electron chi connectivity index (χ4n) is 2.46. The van der Waals surface area contributed by atoms with Crippen LogP contribution in [0, 0.1) is 0 Å². The van der Waals surface area contributed by atoms with E-state index < -0.39 is 0 Å². The monoisotopic (exact) mass is 291 g/mol. The van der Waals surface area contributed by atoms with Crippen LogP contribution in [0.4, 0.5) is 0 Å². The molecule has 0 aromatic heterocycles. The Kier molecular flexibility index (Phi) is 5.76. The van der Waals surface area contributed by atoms with Gasteiger partial charge >= 0.3 is 0 Å². The average molecular weight is 291 g/mol. The number of likely N-dealkylation sites (N-methyl/N-ethyl adjacent to an activating group) is 1. The predicted molar refractivity (Wildman–Crippen MR) is 81.9 cm³/mol. The predicted octanol–water partition coefficient (Wildman–Crippen LogP) is 2.92. The molecule has 1 aromatic carbocycles. The van der Waals surface area contributed by atoms with Gasteiger partial charge in [0.2, 0.25) is 5.91 Å². The normalized spacial score (nSPS) is 20.0. The summed E-state index contributed by atoms with van der Waals surface area (Å²) in [7, 11) is 3.57. The molecule has 0 N–H and O–H groups in total. The molecule has 1 aromatic rings. The summed E-state index contributed by atoms with van der Waals surface area (Å²) in [6.07, 6.45) is 3.22. The summed E-state index contributed by atoms with van der Waals surface area (Å²) in [4.78, 5) is 13.6. The lowest BCUT2D eigenvalue weighted by molar-refractivity contribution is -0.168. The Morgan fingerprint density at radius 2 is 2.05 bits per heavy atom. The molecule has 4 heteroatoms. The zero-order chi connectivity index (χ0) is 15.2. The zero-order valence-electron chi connectivity index (χ0n) is 13.2. The Bertz CT molecular complexity index is 450. The first-order valence-corrected chi connectivity index (χ1v) is 7.61. The van der Waals surface area contributed by atoms with Crippen LogP contribution in [0.3, 0.4) is 0 Å². The van der Waals surface area contributed by atoms with Crippen LogP contribution in [-0.4, -0.2) is 37.8 Å². The molecule has 2 unspecified atom stereocenters. The summed E-state index contributed by atoms with van der Waals surface area (Å²) in [5, 5.41) is 0. The molecule has 2 rings (SSSR count). The SMILES string of the molecule is CC(C(=O)N(C)C)c1ccc(COC2CCCCO2)cc1. The second-order valence-electron chi connectivity index (χ2n) is 5.80. The van der Waals surface area contributed by atoms with Gasteiger partial charge in [-0.05, 0) is 37.3 Å². The molecule has 0 bridgehead atoms. The molecular weight excluding hydrogens is 266 g/mol. The summed E-state index contributed by atoms with van der Waals surface area (Å²) in [6.45, 7) is 3.29. The van der Waals surface area contributed by atoms with Crippen molar-refractivity contribution in [1.29, 1.82) is 0 Å². The van der Waals surface area contributed by atoms with Crippen molar-refractivity contribution in [2.24, 2.45) is 0 Å². The van der Waals surface area contributed by atoms with Gasteiger partial charge in [0.05, 0.1) is 12.5 Å². The van der Waals surface area contributed by atoms with Crippen molar-refractivity contribution in [2.45, 2.75) is 45.0 Å². The zero-order valence-corrected chi connectivity index (χ0v) is 13.2. The number of rotatable bonds is 5. The summed E-state index contributed by atoms with van der Waals surface area (Å²) in [5.74, 6) is 0.00579. The molecule has 1 amide bonds. The third kappa shape index (κ3) is 4.55. The maximum atomic E-state index is 11.9. The maximum Gasteiger partial charge on any atom is 0.229 e. The summed E-state index contributed by atoms with van der Waals surface area (Å²) in [5.41, 5.74) is 2.14. The molecule has 21 heavy (non-hydrogen) atoms. The molecule has 0 spiro atoms. The van der Waals surface area contributed by atoms with E-state index in [9.17, 15) is 4.79 Å². The van der Waals surface area contributed by atoms with Crippen LogP contribution in [0.5, 0.6) is 0 Å². The summed E-state index contributed by atoms with van der Waals surface area (Å²) in [6, 6.07) is 8.06. The maximum absolute atomic E-state index is 11.9. The van der Waals surface area contributed by atoms with E-state index in [1.165, 1.54) is 6.42 Å². The number of hydrogen-bond acceptors (Lipinski definition) is 3. The number of benzene rings is 1. The van der Waals surface area contributed by atoms with Crippen LogP contribution in [0.1, 0.15) is 43.2 Å². The highest BCUT2D eigenvalue weighted by molar-refractivity contribution is 5.82. The third-order valence-corrected chi connectivity index (χ3v) is 3.86. The quantitative estimate of drug-likeness (QED) is 0.837. The number of carbonyl (C=O) groups is 1. The number of amides is 1. The van der Waals surface area contributed by atoms with Gasteiger partial charge in [-0.15, -0.1) is 0 Å². The molecule has 1 aliphatic heterocycles. The van der Waals surface area contributed by atoms with Gasteiger partial charge in [-0.2, -0.15) is 0 Å². The van der Waals surface area contributed by atoms with Crippen molar-refractivity contribution in [2.75, 3.05) is 20.7 Å². The van der Waals surface area contributed by atoms with E-state index >= 15 is 0 Å². The van der Waals surface area contributed by atoms with E-state index in [2.05, 4.69) is 0 Å². The lowest BCUT2D eigenvalue weighted by atomic mass is 9.99. The molecule has 1 saturated heterocycles. The molecule has 0 radical (unpaired) electrons. The minimum absolute atomic E-state index is 0.0623. The Hall–Kier alpha value is -1.39. The molecule has 1 fully saturated rings. The van der Waals surface area contributed by atoms with Crippen molar-refractivity contribution < 1.29 is 14.3 Å². The van der Waals surface area contributed by atoms with Crippen LogP contribution < -0.4 is 0 Å². The smallest absolute Gasteiger partial charge is 0.229 e. The topological polar surface area (TPSA) is 38.8 Å². The largest absolute Gasteiger partial charge is 0.353 e. The second-order valence-corrected chi connectivity index (χ2v) is 5.80. The Morgan fingerprint density at radius 3 is 2.62 bits per heavy atom. The third-order valence-electron chi connectivity index (χ3n) is 3.86. The molecule has 1 aliphatic rings. The summed E-state index contributed by atoms with van der Waals surface area (Å²) < 4.78 is 11.3. The van der Waals surface area contributed by atoms with Crippen LogP contribution >= 0.6 is 0 Å². The molecule has 116 valence electrons. The van der Waals surface area contributed by atoms with E-state index in [1.54, 1.807) is 19.0 Å². The fourth-order valence-corrected chi connectivity index (χ4v) is 2.46. The van der Waals surface area contributed by atoms with Crippen molar-refractivity contribution in [3.8, 4) is 0 Å². The van der Waals surface area contributed by atoms with Crippen molar-refractivity contribution >= 4 is 5.91 Å². The van der Waals surface area contributed by atoms with Crippen molar-refractivity contribution in [3.05, 3.63) is 35.4 Å². The lowest BCUT2D eigenvalue weighted by Gasteiger charge is -2.22. The highest BCUT2D eigenvalue weighted by atomic mass is 16.7. The van der Waals surface area contributed by atoms with Crippen molar-refractivity contribution in [1.82, 2.24) is 4.90 Å².